The van der Waals surface area contributed by atoms with Gasteiger partial charge in [-0.25, -0.2) is 27.2 Å². The fraction of sp³-hybridized carbons (Fsp3) is 0.444. The molecule has 3 N–H and O–H groups in total. The van der Waals surface area contributed by atoms with Crippen LogP contribution in [0, 0.1) is 11.6 Å². The molecule has 2 aromatic rings. The van der Waals surface area contributed by atoms with E-state index in [0.717, 1.165) is 43.3 Å². The van der Waals surface area contributed by atoms with Gasteiger partial charge in [-0.15, -0.1) is 0 Å². The van der Waals surface area contributed by atoms with Crippen LogP contribution in [0.1, 0.15) is 31.2 Å². The van der Waals surface area contributed by atoms with Gasteiger partial charge in [-0.05, 0) is 18.9 Å². The maximum absolute atomic E-state index is 13.9. The zero-order valence-corrected chi connectivity index (χ0v) is 17.4. The highest BCUT2D eigenvalue weighted by atomic mass is 32.2. The van der Waals surface area contributed by atoms with Gasteiger partial charge < -0.3 is 10.4 Å². The molecule has 1 fully saturated rings. The van der Waals surface area contributed by atoms with Crippen LogP contribution in [0.15, 0.2) is 29.4 Å². The average molecular weight is 445 g/mol. The third kappa shape index (κ3) is 6.25. The summed E-state index contributed by atoms with van der Waals surface area (Å²) in [7, 11) is -3.57. The average Bonchev–Trinajstić information content (AvgIpc) is 2.63. The van der Waals surface area contributed by atoms with E-state index < -0.39 is 27.8 Å². The third-order valence-electron chi connectivity index (χ3n) is 4.45. The minimum absolute atomic E-state index is 0.0533. The molecule has 7 nitrogen and oxygen atoms in total. The molecule has 1 aliphatic rings. The van der Waals surface area contributed by atoms with Gasteiger partial charge in [0.25, 0.3) is 0 Å². The summed E-state index contributed by atoms with van der Waals surface area (Å²) in [6, 6.07) is 5.14. The molecule has 29 heavy (non-hydrogen) atoms. The molecule has 1 aromatic heterocycles. The summed E-state index contributed by atoms with van der Waals surface area (Å²) >= 11 is 1.05. The Bertz CT molecular complexity index is 976. The van der Waals surface area contributed by atoms with Crippen molar-refractivity contribution in [3.8, 4) is 0 Å². The number of aliphatic hydroxyl groups is 1. The molecular formula is C18H22F2N4O3S2. The van der Waals surface area contributed by atoms with Crippen molar-refractivity contribution in [2.24, 2.45) is 0 Å². The Balaban J connectivity index is 1.82. The number of rotatable bonds is 7. The molecule has 0 aliphatic heterocycles. The van der Waals surface area contributed by atoms with Crippen molar-refractivity contribution in [2.45, 2.75) is 48.7 Å². The normalized spacial score (nSPS) is 19.7. The molecule has 0 spiro atoms. The molecule has 1 aliphatic carbocycles. The smallest absolute Gasteiger partial charge is 0.230 e. The number of nitrogens with zero attached hydrogens (tertiary/aromatic N) is 2. The van der Waals surface area contributed by atoms with Crippen molar-refractivity contribution in [1.29, 1.82) is 0 Å². The maximum atomic E-state index is 13.9. The lowest BCUT2D eigenvalue weighted by molar-refractivity contribution is 0.116. The maximum Gasteiger partial charge on any atom is 0.230 e. The number of hydrogen-bond donors (Lipinski definition) is 3. The van der Waals surface area contributed by atoms with E-state index in [4.69, 9.17) is 0 Å². The molecule has 1 aromatic carbocycles. The van der Waals surface area contributed by atoms with Gasteiger partial charge in [0.15, 0.2) is 16.8 Å². The first-order valence-electron chi connectivity index (χ1n) is 9.08. The fourth-order valence-electron chi connectivity index (χ4n) is 3.08. The van der Waals surface area contributed by atoms with Crippen LogP contribution in [-0.4, -0.2) is 41.9 Å². The molecule has 0 bridgehead atoms. The number of benzene rings is 1. The van der Waals surface area contributed by atoms with Crippen LogP contribution in [-0.2, 0) is 15.8 Å². The second-order valence-electron chi connectivity index (χ2n) is 6.90. The highest BCUT2D eigenvalue weighted by molar-refractivity contribution is 7.98. The lowest BCUT2D eigenvalue weighted by Gasteiger charge is -2.28. The Hall–Kier alpha value is -1.98. The highest BCUT2D eigenvalue weighted by Gasteiger charge is 2.23. The van der Waals surface area contributed by atoms with Crippen molar-refractivity contribution in [1.82, 2.24) is 9.97 Å². The molecular weight excluding hydrogens is 422 g/mol. The Labute approximate surface area is 172 Å². The van der Waals surface area contributed by atoms with E-state index >= 15 is 0 Å². The predicted octanol–water partition coefficient (Wildman–Crippen LogP) is 3.13. The topological polar surface area (TPSA) is 104 Å². The van der Waals surface area contributed by atoms with E-state index in [9.17, 15) is 22.3 Å². The molecule has 1 saturated carbocycles. The van der Waals surface area contributed by atoms with E-state index in [0.29, 0.717) is 12.2 Å². The Morgan fingerprint density at radius 1 is 1.21 bits per heavy atom. The minimum atomic E-state index is -3.57. The van der Waals surface area contributed by atoms with Crippen LogP contribution in [0.25, 0.3) is 0 Å². The molecule has 1 heterocycles. The minimum Gasteiger partial charge on any atom is -0.391 e. The summed E-state index contributed by atoms with van der Waals surface area (Å²) in [5.74, 6) is -1.41. The van der Waals surface area contributed by atoms with Crippen LogP contribution < -0.4 is 10.0 Å². The number of thioether (sulfide) groups is 1. The first-order valence-corrected chi connectivity index (χ1v) is 12.0. The van der Waals surface area contributed by atoms with Gasteiger partial charge in [-0.1, -0.05) is 36.7 Å². The second kappa shape index (κ2) is 9.23. The number of aliphatic hydroxyl groups excluding tert-OH is 1. The third-order valence-corrected chi connectivity index (χ3v) is 5.92. The van der Waals surface area contributed by atoms with Crippen LogP contribution in [0.4, 0.5) is 20.4 Å². The van der Waals surface area contributed by atoms with Gasteiger partial charge >= 0.3 is 0 Å². The van der Waals surface area contributed by atoms with Crippen molar-refractivity contribution in [3.05, 3.63) is 41.5 Å². The van der Waals surface area contributed by atoms with Crippen LogP contribution in [0.2, 0.25) is 0 Å². The van der Waals surface area contributed by atoms with Crippen molar-refractivity contribution in [2.75, 3.05) is 16.3 Å². The zero-order chi connectivity index (χ0) is 21.0. The van der Waals surface area contributed by atoms with Crippen molar-refractivity contribution < 1.29 is 22.3 Å². The Morgan fingerprint density at radius 2 is 1.93 bits per heavy atom. The van der Waals surface area contributed by atoms with Crippen LogP contribution in [0.3, 0.4) is 0 Å². The number of halogens is 2. The zero-order valence-electron chi connectivity index (χ0n) is 15.7. The number of anilines is 2. The fourth-order valence-corrected chi connectivity index (χ4v) is 4.40. The van der Waals surface area contributed by atoms with E-state index in [1.165, 1.54) is 18.2 Å². The molecule has 0 unspecified atom stereocenters. The Morgan fingerprint density at radius 3 is 2.66 bits per heavy atom. The molecule has 0 radical (unpaired) electrons. The van der Waals surface area contributed by atoms with Gasteiger partial charge in [-0.3, -0.25) is 4.72 Å². The summed E-state index contributed by atoms with van der Waals surface area (Å²) in [6.45, 7) is 0. The standard InChI is InChI=1S/C18H22F2N4O3S2/c1-29(26,27)24-16-9-15(21-13-7-2-3-8-14(13)25)22-18(23-16)28-10-11-5-4-6-12(19)17(11)20/h4-6,9,13-14,25H,2-3,7-8,10H2,1H3,(H2,21,22,23,24)/t13-,14-/m0/s1. The van der Waals surface area contributed by atoms with Gasteiger partial charge in [0.1, 0.15) is 11.6 Å². The lowest BCUT2D eigenvalue weighted by atomic mass is 9.93. The second-order valence-corrected chi connectivity index (χ2v) is 9.59. The van der Waals surface area contributed by atoms with Gasteiger partial charge in [0.05, 0.1) is 18.4 Å². The molecule has 2 atom stereocenters. The summed E-state index contributed by atoms with van der Waals surface area (Å²) < 4.78 is 52.8. The van der Waals surface area contributed by atoms with Crippen molar-refractivity contribution >= 4 is 33.4 Å². The molecule has 158 valence electrons. The van der Waals surface area contributed by atoms with Crippen LogP contribution >= 0.6 is 11.8 Å². The number of sulfonamides is 1. The summed E-state index contributed by atoms with van der Waals surface area (Å²) in [5, 5.41) is 13.5. The molecule has 0 saturated heterocycles. The first kappa shape index (κ1) is 21.7. The van der Waals surface area contributed by atoms with E-state index in [2.05, 4.69) is 20.0 Å². The quantitative estimate of drug-likeness (QED) is 0.445. The first-order chi connectivity index (χ1) is 13.7. The van der Waals surface area contributed by atoms with E-state index in [1.807, 2.05) is 0 Å². The summed E-state index contributed by atoms with van der Waals surface area (Å²) in [6.07, 6.45) is 3.83. The Kier molecular flexibility index (Phi) is 6.91. The predicted molar refractivity (Wildman–Crippen MR) is 108 cm³/mol. The molecule has 0 amide bonds. The summed E-state index contributed by atoms with van der Waals surface area (Å²) in [4.78, 5) is 8.48. The van der Waals surface area contributed by atoms with Gasteiger partial charge in [0, 0.05) is 17.4 Å². The van der Waals surface area contributed by atoms with Gasteiger partial charge in [0.2, 0.25) is 10.0 Å². The largest absolute Gasteiger partial charge is 0.391 e. The van der Waals surface area contributed by atoms with E-state index in [1.54, 1.807) is 0 Å². The van der Waals surface area contributed by atoms with Gasteiger partial charge in [-0.2, -0.15) is 0 Å². The number of nitrogens with one attached hydrogen (secondary N) is 2. The summed E-state index contributed by atoms with van der Waals surface area (Å²) in [5.41, 5.74) is 0.150. The highest BCUT2D eigenvalue weighted by Crippen LogP contribution is 2.27. The number of hydrogen-bond acceptors (Lipinski definition) is 7. The van der Waals surface area contributed by atoms with Crippen molar-refractivity contribution in [3.63, 3.8) is 0 Å². The molecule has 3 rings (SSSR count). The SMILES string of the molecule is CS(=O)(=O)Nc1cc(N[C@H]2CCCC[C@@H]2O)nc(SCc2cccc(F)c2F)n1. The molecule has 11 heteroatoms. The lowest BCUT2D eigenvalue weighted by Crippen LogP contribution is -2.36. The van der Waals surface area contributed by atoms with Crippen LogP contribution in [0.5, 0.6) is 0 Å². The number of aromatic nitrogens is 2. The van der Waals surface area contributed by atoms with E-state index in [-0.39, 0.29) is 28.3 Å². The monoisotopic (exact) mass is 444 g/mol.